The Labute approximate surface area is 91.2 Å². The van der Waals surface area contributed by atoms with Crippen molar-refractivity contribution < 1.29 is 5.11 Å². The van der Waals surface area contributed by atoms with Gasteiger partial charge in [0, 0.05) is 18.0 Å². The van der Waals surface area contributed by atoms with Crippen molar-refractivity contribution in [2.24, 2.45) is 10.4 Å². The summed E-state index contributed by atoms with van der Waals surface area (Å²) in [5.41, 5.74) is 0.107. The minimum Gasteiger partial charge on any atom is -0.396 e. The molecule has 1 fully saturated rings. The van der Waals surface area contributed by atoms with Crippen LogP contribution < -0.4 is 10.6 Å². The van der Waals surface area contributed by atoms with Crippen LogP contribution in [-0.4, -0.2) is 36.8 Å². The van der Waals surface area contributed by atoms with Crippen LogP contribution in [0.15, 0.2) is 4.99 Å². The van der Waals surface area contributed by atoms with E-state index in [-0.39, 0.29) is 5.41 Å². The number of aliphatic hydroxyl groups excluding tert-OH is 1. The van der Waals surface area contributed by atoms with Crippen molar-refractivity contribution in [1.82, 2.24) is 10.6 Å². The molecule has 2 aliphatic rings. The van der Waals surface area contributed by atoms with E-state index in [0.717, 1.165) is 31.9 Å². The smallest absolute Gasteiger partial charge is 0.191 e. The molecule has 1 aliphatic carbocycles. The molecule has 0 aromatic rings. The maximum absolute atomic E-state index is 9.44. The number of nitrogens with zero attached hydrogens (tertiary/aromatic N) is 1. The average Bonchev–Trinajstić information content (AvgIpc) is 2.85. The van der Waals surface area contributed by atoms with Crippen LogP contribution in [0.1, 0.15) is 32.6 Å². The van der Waals surface area contributed by atoms with Crippen molar-refractivity contribution in [2.45, 2.75) is 38.6 Å². The van der Waals surface area contributed by atoms with Crippen LogP contribution in [0.3, 0.4) is 0 Å². The number of nitrogens with one attached hydrogen (secondary N) is 2. The molecule has 0 aromatic carbocycles. The fourth-order valence-electron chi connectivity index (χ4n) is 2.45. The molecular formula is C11H21N3O. The lowest BCUT2D eigenvalue weighted by atomic mass is 9.87. The largest absolute Gasteiger partial charge is 0.396 e. The van der Waals surface area contributed by atoms with Crippen LogP contribution in [0.2, 0.25) is 0 Å². The van der Waals surface area contributed by atoms with Crippen LogP contribution in [-0.2, 0) is 0 Å². The SMILES string of the molecule is CC1CN=C(NCC2(CO)CCCC2)N1. The van der Waals surface area contributed by atoms with Gasteiger partial charge in [0.25, 0.3) is 0 Å². The van der Waals surface area contributed by atoms with E-state index >= 15 is 0 Å². The minimum absolute atomic E-state index is 0.107. The van der Waals surface area contributed by atoms with Crippen molar-refractivity contribution >= 4 is 5.96 Å². The zero-order valence-corrected chi connectivity index (χ0v) is 9.42. The van der Waals surface area contributed by atoms with E-state index in [4.69, 9.17) is 0 Å². The predicted molar refractivity (Wildman–Crippen MR) is 60.9 cm³/mol. The van der Waals surface area contributed by atoms with Crippen LogP contribution >= 0.6 is 0 Å². The fraction of sp³-hybridized carbons (Fsp3) is 0.909. The third kappa shape index (κ3) is 2.43. The molecule has 86 valence electrons. The minimum atomic E-state index is 0.107. The number of aliphatic hydroxyl groups is 1. The summed E-state index contributed by atoms with van der Waals surface area (Å²) in [7, 11) is 0. The highest BCUT2D eigenvalue weighted by Gasteiger charge is 2.33. The molecule has 0 amide bonds. The highest BCUT2D eigenvalue weighted by molar-refractivity contribution is 5.81. The van der Waals surface area contributed by atoms with Gasteiger partial charge in [-0.2, -0.15) is 0 Å². The summed E-state index contributed by atoms with van der Waals surface area (Å²) in [4.78, 5) is 4.36. The maximum Gasteiger partial charge on any atom is 0.191 e. The highest BCUT2D eigenvalue weighted by Crippen LogP contribution is 2.36. The van der Waals surface area contributed by atoms with Crippen molar-refractivity contribution in [3.05, 3.63) is 0 Å². The molecule has 1 atom stereocenters. The lowest BCUT2D eigenvalue weighted by molar-refractivity contribution is 0.133. The van der Waals surface area contributed by atoms with Crippen LogP contribution in [0.5, 0.6) is 0 Å². The Bertz CT molecular complexity index is 246. The number of hydrogen-bond acceptors (Lipinski definition) is 4. The normalized spacial score (nSPS) is 28.7. The quantitative estimate of drug-likeness (QED) is 0.636. The van der Waals surface area contributed by atoms with Gasteiger partial charge in [-0.25, -0.2) is 0 Å². The first kappa shape index (κ1) is 10.7. The van der Waals surface area contributed by atoms with Gasteiger partial charge in [-0.05, 0) is 19.8 Å². The van der Waals surface area contributed by atoms with Crippen molar-refractivity contribution in [3.63, 3.8) is 0 Å². The van der Waals surface area contributed by atoms with Crippen LogP contribution in [0.4, 0.5) is 0 Å². The van der Waals surface area contributed by atoms with Gasteiger partial charge in [0.2, 0.25) is 0 Å². The first-order valence-corrected chi connectivity index (χ1v) is 5.90. The first-order valence-electron chi connectivity index (χ1n) is 5.90. The van der Waals surface area contributed by atoms with E-state index in [1.807, 2.05) is 0 Å². The Hall–Kier alpha value is -0.770. The Balaban J connectivity index is 1.81. The Morgan fingerprint density at radius 3 is 2.80 bits per heavy atom. The molecule has 4 heteroatoms. The molecule has 1 saturated carbocycles. The van der Waals surface area contributed by atoms with Gasteiger partial charge >= 0.3 is 0 Å². The van der Waals surface area contributed by atoms with Gasteiger partial charge in [0.05, 0.1) is 13.2 Å². The van der Waals surface area contributed by atoms with E-state index in [1.165, 1.54) is 12.8 Å². The van der Waals surface area contributed by atoms with E-state index in [1.54, 1.807) is 0 Å². The Morgan fingerprint density at radius 1 is 1.53 bits per heavy atom. The maximum atomic E-state index is 9.44. The van der Waals surface area contributed by atoms with E-state index in [9.17, 15) is 5.11 Å². The second kappa shape index (κ2) is 4.39. The van der Waals surface area contributed by atoms with E-state index in [2.05, 4.69) is 22.5 Å². The summed E-state index contributed by atoms with van der Waals surface area (Å²) in [6.07, 6.45) is 4.77. The molecular weight excluding hydrogens is 190 g/mol. The van der Waals surface area contributed by atoms with Crippen molar-refractivity contribution in [1.29, 1.82) is 0 Å². The monoisotopic (exact) mass is 211 g/mol. The number of guanidine groups is 1. The summed E-state index contributed by atoms with van der Waals surface area (Å²) >= 11 is 0. The van der Waals surface area contributed by atoms with Gasteiger partial charge in [-0.1, -0.05) is 12.8 Å². The molecule has 0 bridgehead atoms. The molecule has 1 heterocycles. The topological polar surface area (TPSA) is 56.7 Å². The molecule has 0 spiro atoms. The van der Waals surface area contributed by atoms with E-state index in [0.29, 0.717) is 12.6 Å². The molecule has 2 rings (SSSR count). The summed E-state index contributed by atoms with van der Waals surface area (Å²) in [5.74, 6) is 0.905. The lowest BCUT2D eigenvalue weighted by Gasteiger charge is -2.27. The highest BCUT2D eigenvalue weighted by atomic mass is 16.3. The third-order valence-corrected chi connectivity index (χ3v) is 3.54. The standard InChI is InChI=1S/C11H21N3O/c1-9-6-12-10(14-9)13-7-11(8-15)4-2-3-5-11/h9,15H,2-8H2,1H3,(H2,12,13,14). The number of aliphatic imine (C=N–C) groups is 1. The summed E-state index contributed by atoms with van der Waals surface area (Å²) < 4.78 is 0. The zero-order valence-electron chi connectivity index (χ0n) is 9.42. The summed E-state index contributed by atoms with van der Waals surface area (Å²) in [6, 6.07) is 0.446. The van der Waals surface area contributed by atoms with Gasteiger partial charge < -0.3 is 15.7 Å². The molecule has 0 aromatic heterocycles. The molecule has 4 nitrogen and oxygen atoms in total. The van der Waals surface area contributed by atoms with Gasteiger partial charge in [-0.15, -0.1) is 0 Å². The molecule has 3 N–H and O–H groups in total. The summed E-state index contributed by atoms with van der Waals surface area (Å²) in [5, 5.41) is 16.0. The Kier molecular flexibility index (Phi) is 3.14. The van der Waals surface area contributed by atoms with Gasteiger partial charge in [0.15, 0.2) is 5.96 Å². The molecule has 1 aliphatic heterocycles. The molecule has 15 heavy (non-hydrogen) atoms. The number of rotatable bonds is 3. The van der Waals surface area contributed by atoms with Crippen LogP contribution in [0, 0.1) is 5.41 Å². The van der Waals surface area contributed by atoms with Crippen molar-refractivity contribution in [3.8, 4) is 0 Å². The number of hydrogen-bond donors (Lipinski definition) is 3. The van der Waals surface area contributed by atoms with Gasteiger partial charge in [-0.3, -0.25) is 4.99 Å². The Morgan fingerprint density at radius 2 is 2.27 bits per heavy atom. The third-order valence-electron chi connectivity index (χ3n) is 3.54. The molecule has 1 unspecified atom stereocenters. The molecule has 0 saturated heterocycles. The van der Waals surface area contributed by atoms with Gasteiger partial charge in [0.1, 0.15) is 0 Å². The van der Waals surface area contributed by atoms with Crippen molar-refractivity contribution in [2.75, 3.05) is 19.7 Å². The summed E-state index contributed by atoms with van der Waals surface area (Å²) in [6.45, 7) is 4.12. The lowest BCUT2D eigenvalue weighted by Crippen LogP contribution is -2.44. The fourth-order valence-corrected chi connectivity index (χ4v) is 2.45. The molecule has 0 radical (unpaired) electrons. The van der Waals surface area contributed by atoms with Crippen LogP contribution in [0.25, 0.3) is 0 Å². The second-order valence-electron chi connectivity index (χ2n) is 4.95. The first-order chi connectivity index (χ1) is 7.24. The average molecular weight is 211 g/mol. The van der Waals surface area contributed by atoms with E-state index < -0.39 is 0 Å². The second-order valence-corrected chi connectivity index (χ2v) is 4.95. The predicted octanol–water partition coefficient (Wildman–Crippen LogP) is 0.476. The zero-order chi connectivity index (χ0) is 10.7.